The molecule has 7 heteroatoms. The van der Waals surface area contributed by atoms with Gasteiger partial charge in [-0.1, -0.05) is 30.3 Å². The summed E-state index contributed by atoms with van der Waals surface area (Å²) in [5.74, 6) is 1.20. The van der Waals surface area contributed by atoms with Crippen molar-refractivity contribution in [2.24, 2.45) is 0 Å². The van der Waals surface area contributed by atoms with E-state index >= 15 is 0 Å². The molecule has 1 amide bonds. The van der Waals surface area contributed by atoms with Gasteiger partial charge in [0.2, 0.25) is 0 Å². The molecule has 1 heterocycles. The highest BCUT2D eigenvalue weighted by Gasteiger charge is 2.38. The fourth-order valence-electron chi connectivity index (χ4n) is 2.76. The van der Waals surface area contributed by atoms with E-state index in [1.54, 1.807) is 26.8 Å². The Bertz CT molecular complexity index is 775. The largest absolute Gasteiger partial charge is 0.495 e. The molecule has 0 aliphatic carbocycles. The maximum absolute atomic E-state index is 11.8. The minimum atomic E-state index is -1.12. The van der Waals surface area contributed by atoms with Gasteiger partial charge in [-0.2, -0.15) is 0 Å². The van der Waals surface area contributed by atoms with E-state index in [1.807, 2.05) is 42.5 Å². The van der Waals surface area contributed by atoms with Crippen LogP contribution in [0, 0.1) is 0 Å². The molecule has 1 unspecified atom stereocenters. The van der Waals surface area contributed by atoms with Gasteiger partial charge in [-0.15, -0.1) is 0 Å². The lowest BCUT2D eigenvalue weighted by atomic mass is 9.78. The lowest BCUT2D eigenvalue weighted by Gasteiger charge is -2.21. The maximum atomic E-state index is 11.8. The van der Waals surface area contributed by atoms with E-state index in [0.29, 0.717) is 17.0 Å². The van der Waals surface area contributed by atoms with Gasteiger partial charge < -0.3 is 24.5 Å². The first kappa shape index (κ1) is 18.3. The Kier molecular flexibility index (Phi) is 5.20. The van der Waals surface area contributed by atoms with Crippen molar-refractivity contribution in [2.45, 2.75) is 32.5 Å². The summed E-state index contributed by atoms with van der Waals surface area (Å²) in [6.45, 7) is 5.58. The summed E-state index contributed by atoms with van der Waals surface area (Å²) in [6.07, 6.45) is -1.01. The van der Waals surface area contributed by atoms with E-state index in [0.717, 1.165) is 5.56 Å². The Balaban J connectivity index is 1.73. The molecular weight excluding hydrogens is 333 g/mol. The molecule has 2 aromatic rings. The zero-order valence-electron chi connectivity index (χ0n) is 15.1. The topological polar surface area (TPSA) is 77.0 Å². The Hall–Kier alpha value is -2.51. The van der Waals surface area contributed by atoms with E-state index in [4.69, 9.17) is 14.1 Å². The van der Waals surface area contributed by atoms with Gasteiger partial charge >= 0.3 is 13.2 Å². The summed E-state index contributed by atoms with van der Waals surface area (Å²) in [6, 6.07) is 14.8. The summed E-state index contributed by atoms with van der Waals surface area (Å²) in [5, 5.41) is 13.0. The van der Waals surface area contributed by atoms with Crippen LogP contribution in [0.2, 0.25) is 0 Å². The Morgan fingerprint density at radius 1 is 1.19 bits per heavy atom. The van der Waals surface area contributed by atoms with Gasteiger partial charge in [0.15, 0.2) is 0 Å². The number of ether oxygens (including phenoxy) is 2. The van der Waals surface area contributed by atoms with Crippen LogP contribution in [0.15, 0.2) is 48.5 Å². The molecule has 0 aromatic heterocycles. The SMILES string of the molecule is CC(C)(C)OC(=O)NCC1OB(O)c2c(Oc3ccccc3)cccc21. The number of alkyl carbamates (subject to hydrolysis) is 1. The summed E-state index contributed by atoms with van der Waals surface area (Å²) < 4.78 is 16.7. The first-order chi connectivity index (χ1) is 12.3. The van der Waals surface area contributed by atoms with Gasteiger partial charge in [0.25, 0.3) is 0 Å². The van der Waals surface area contributed by atoms with Gasteiger partial charge in [0.1, 0.15) is 17.1 Å². The van der Waals surface area contributed by atoms with E-state index < -0.39 is 24.9 Å². The molecule has 3 rings (SSSR count). The molecule has 1 aliphatic heterocycles. The van der Waals surface area contributed by atoms with Gasteiger partial charge in [-0.3, -0.25) is 0 Å². The van der Waals surface area contributed by atoms with Crippen molar-refractivity contribution in [3.63, 3.8) is 0 Å². The van der Waals surface area contributed by atoms with Crippen molar-refractivity contribution < 1.29 is 23.9 Å². The molecule has 0 saturated carbocycles. The van der Waals surface area contributed by atoms with Crippen molar-refractivity contribution in [1.29, 1.82) is 0 Å². The normalized spacial score (nSPS) is 16.2. The first-order valence-corrected chi connectivity index (χ1v) is 8.49. The molecule has 136 valence electrons. The second-order valence-corrected chi connectivity index (χ2v) is 7.03. The highest BCUT2D eigenvalue weighted by molar-refractivity contribution is 6.62. The summed E-state index contributed by atoms with van der Waals surface area (Å²) in [7, 11) is -1.12. The van der Waals surface area contributed by atoms with Crippen LogP contribution in [0.3, 0.4) is 0 Å². The van der Waals surface area contributed by atoms with Crippen LogP contribution < -0.4 is 15.5 Å². The average molecular weight is 355 g/mol. The number of fused-ring (bicyclic) bond motifs is 1. The zero-order valence-corrected chi connectivity index (χ0v) is 15.1. The van der Waals surface area contributed by atoms with Crippen molar-refractivity contribution in [1.82, 2.24) is 5.32 Å². The van der Waals surface area contributed by atoms with Crippen LogP contribution in [-0.4, -0.2) is 30.4 Å². The lowest BCUT2D eigenvalue weighted by Crippen LogP contribution is -2.35. The van der Waals surface area contributed by atoms with E-state index in [-0.39, 0.29) is 6.54 Å². The molecule has 6 nitrogen and oxygen atoms in total. The molecule has 0 saturated heterocycles. The van der Waals surface area contributed by atoms with Crippen LogP contribution in [0.1, 0.15) is 32.4 Å². The van der Waals surface area contributed by atoms with Crippen molar-refractivity contribution >= 4 is 18.7 Å². The second-order valence-electron chi connectivity index (χ2n) is 7.03. The third kappa shape index (κ3) is 4.36. The average Bonchev–Trinajstić information content (AvgIpc) is 2.90. The number of amides is 1. The lowest BCUT2D eigenvalue weighted by molar-refractivity contribution is 0.0498. The summed E-state index contributed by atoms with van der Waals surface area (Å²) in [4.78, 5) is 11.8. The summed E-state index contributed by atoms with van der Waals surface area (Å²) in [5.41, 5.74) is 0.781. The van der Waals surface area contributed by atoms with Gasteiger partial charge in [-0.25, -0.2) is 4.79 Å². The fourth-order valence-corrected chi connectivity index (χ4v) is 2.76. The predicted octanol–water partition coefficient (Wildman–Crippen LogP) is 2.76. The number of rotatable bonds is 4. The molecule has 2 N–H and O–H groups in total. The predicted molar refractivity (Wildman–Crippen MR) is 98.6 cm³/mol. The van der Waals surface area contributed by atoms with Crippen molar-refractivity contribution in [3.05, 3.63) is 54.1 Å². The summed E-state index contributed by atoms with van der Waals surface area (Å²) >= 11 is 0. The number of benzene rings is 2. The number of para-hydroxylation sites is 1. The molecule has 0 radical (unpaired) electrons. The van der Waals surface area contributed by atoms with Crippen LogP contribution in [0.4, 0.5) is 4.79 Å². The smallest absolute Gasteiger partial charge is 0.458 e. The molecule has 0 spiro atoms. The first-order valence-electron chi connectivity index (χ1n) is 8.49. The number of hydrogen-bond acceptors (Lipinski definition) is 5. The quantitative estimate of drug-likeness (QED) is 0.825. The fraction of sp³-hybridized carbons (Fsp3) is 0.316. The van der Waals surface area contributed by atoms with Gasteiger partial charge in [-0.05, 0) is 44.5 Å². The van der Waals surface area contributed by atoms with Gasteiger partial charge in [0.05, 0.1) is 6.10 Å². The molecule has 0 fully saturated rings. The van der Waals surface area contributed by atoms with Crippen LogP contribution in [-0.2, 0) is 9.39 Å². The maximum Gasteiger partial charge on any atom is 0.495 e. The molecule has 0 bridgehead atoms. The number of carbonyl (C=O) groups excluding carboxylic acids is 1. The third-order valence-corrected chi connectivity index (χ3v) is 3.79. The standard InChI is InChI=1S/C19H22BNO5/c1-19(2,3)25-18(22)21-12-16-14-10-7-11-15(17(14)20(23)26-16)24-13-8-5-4-6-9-13/h4-11,16,23H,12H2,1-3H3,(H,21,22). The van der Waals surface area contributed by atoms with Crippen molar-refractivity contribution in [3.8, 4) is 11.5 Å². The highest BCUT2D eigenvalue weighted by atomic mass is 16.6. The van der Waals surface area contributed by atoms with E-state index in [9.17, 15) is 9.82 Å². The molecule has 1 atom stereocenters. The van der Waals surface area contributed by atoms with Crippen LogP contribution in [0.5, 0.6) is 11.5 Å². The molecule has 2 aromatic carbocycles. The highest BCUT2D eigenvalue weighted by Crippen LogP contribution is 2.29. The number of nitrogens with one attached hydrogen (secondary N) is 1. The Morgan fingerprint density at radius 2 is 1.92 bits per heavy atom. The van der Waals surface area contributed by atoms with Crippen LogP contribution >= 0.6 is 0 Å². The van der Waals surface area contributed by atoms with Crippen LogP contribution in [0.25, 0.3) is 0 Å². The Labute approximate surface area is 153 Å². The zero-order chi connectivity index (χ0) is 18.7. The Morgan fingerprint density at radius 3 is 2.62 bits per heavy atom. The molecular formula is C19H22BNO5. The van der Waals surface area contributed by atoms with E-state index in [1.165, 1.54) is 0 Å². The molecule has 1 aliphatic rings. The van der Waals surface area contributed by atoms with E-state index in [2.05, 4.69) is 5.32 Å². The number of carbonyl (C=O) groups is 1. The molecule has 26 heavy (non-hydrogen) atoms. The third-order valence-electron chi connectivity index (χ3n) is 3.79. The second kappa shape index (κ2) is 7.39. The minimum Gasteiger partial charge on any atom is -0.458 e. The minimum absolute atomic E-state index is 0.188. The monoisotopic (exact) mass is 355 g/mol. The number of hydrogen-bond donors (Lipinski definition) is 2. The van der Waals surface area contributed by atoms with Crippen molar-refractivity contribution in [2.75, 3.05) is 6.54 Å². The van der Waals surface area contributed by atoms with Gasteiger partial charge in [0, 0.05) is 12.0 Å².